The summed E-state index contributed by atoms with van der Waals surface area (Å²) in [6.07, 6.45) is 19.6. The van der Waals surface area contributed by atoms with Crippen molar-refractivity contribution in [3.05, 3.63) is 29.8 Å². The van der Waals surface area contributed by atoms with Crippen molar-refractivity contribution in [3.63, 3.8) is 0 Å². The van der Waals surface area contributed by atoms with Crippen molar-refractivity contribution in [2.45, 2.75) is 116 Å². The fourth-order valence-corrected chi connectivity index (χ4v) is 4.98. The molecule has 0 aliphatic heterocycles. The molecule has 9 heteroatoms. The van der Waals surface area contributed by atoms with Gasteiger partial charge in [0.05, 0.1) is 7.11 Å². The standard InChI is InChI=1S/C32H53N3O5S/c1-4-5-6-7-8-9-10-11-12-13-14-15-16-17-29(36)33-24-22-30(37)34-27-20-18-26(19-21-27)31(38)35-28(23-25-41-3)32(39)40-2/h18-21,28H,4-17,22-25H2,1-3H3,(H,33,36)(H,34,37)(H,35,38)/t28-/m0/s1. The summed E-state index contributed by atoms with van der Waals surface area (Å²) in [5, 5.41) is 8.30. The van der Waals surface area contributed by atoms with E-state index in [1.165, 1.54) is 77.7 Å². The van der Waals surface area contributed by atoms with Crippen LogP contribution in [0.1, 0.15) is 120 Å². The molecule has 3 N–H and O–H groups in total. The summed E-state index contributed by atoms with van der Waals surface area (Å²) < 4.78 is 4.78. The maximum atomic E-state index is 12.5. The van der Waals surface area contributed by atoms with Gasteiger partial charge in [0.2, 0.25) is 11.8 Å². The van der Waals surface area contributed by atoms with Crippen LogP contribution < -0.4 is 16.0 Å². The first kappa shape index (κ1) is 36.5. The number of nitrogens with one attached hydrogen (secondary N) is 3. The predicted molar refractivity (Wildman–Crippen MR) is 169 cm³/mol. The lowest BCUT2D eigenvalue weighted by Crippen LogP contribution is -2.41. The van der Waals surface area contributed by atoms with Crippen molar-refractivity contribution in [2.24, 2.45) is 0 Å². The first-order valence-electron chi connectivity index (χ1n) is 15.5. The zero-order valence-electron chi connectivity index (χ0n) is 25.6. The van der Waals surface area contributed by atoms with E-state index in [9.17, 15) is 19.2 Å². The molecule has 0 radical (unpaired) electrons. The lowest BCUT2D eigenvalue weighted by molar-refractivity contribution is -0.143. The molecular formula is C32H53N3O5S. The predicted octanol–water partition coefficient (Wildman–Crippen LogP) is 6.64. The lowest BCUT2D eigenvalue weighted by atomic mass is 10.0. The number of anilines is 1. The number of carbonyl (C=O) groups excluding carboxylic acids is 4. The second-order valence-electron chi connectivity index (χ2n) is 10.5. The molecule has 0 aliphatic carbocycles. The Labute approximate surface area is 251 Å². The number of rotatable bonds is 24. The monoisotopic (exact) mass is 591 g/mol. The van der Waals surface area contributed by atoms with Crippen molar-refractivity contribution in [3.8, 4) is 0 Å². The zero-order valence-corrected chi connectivity index (χ0v) is 26.4. The van der Waals surface area contributed by atoms with Gasteiger partial charge in [0.15, 0.2) is 0 Å². The van der Waals surface area contributed by atoms with E-state index in [0.29, 0.717) is 29.8 Å². The minimum absolute atomic E-state index is 0.0148. The number of benzene rings is 1. The molecule has 0 bridgehead atoms. The van der Waals surface area contributed by atoms with E-state index in [2.05, 4.69) is 22.9 Å². The van der Waals surface area contributed by atoms with Crippen LogP contribution in [0, 0.1) is 0 Å². The maximum absolute atomic E-state index is 12.5. The van der Waals surface area contributed by atoms with Gasteiger partial charge in [-0.25, -0.2) is 4.79 Å². The molecule has 0 aromatic heterocycles. The Bertz CT molecular complexity index is 879. The van der Waals surface area contributed by atoms with Crippen molar-refractivity contribution >= 4 is 41.1 Å². The minimum atomic E-state index is -0.709. The average Bonchev–Trinajstić information content (AvgIpc) is 2.97. The van der Waals surface area contributed by atoms with Gasteiger partial charge in [-0.2, -0.15) is 11.8 Å². The zero-order chi connectivity index (χ0) is 30.1. The second kappa shape index (κ2) is 24.1. The van der Waals surface area contributed by atoms with E-state index >= 15 is 0 Å². The van der Waals surface area contributed by atoms with Gasteiger partial charge in [-0.05, 0) is 49.1 Å². The van der Waals surface area contributed by atoms with E-state index in [1.807, 2.05) is 6.26 Å². The molecule has 232 valence electrons. The number of ether oxygens (including phenoxy) is 1. The lowest BCUT2D eigenvalue weighted by Gasteiger charge is -2.16. The summed E-state index contributed by atoms with van der Waals surface area (Å²) in [6.45, 7) is 2.54. The highest BCUT2D eigenvalue weighted by atomic mass is 32.2. The Balaban J connectivity index is 2.15. The summed E-state index contributed by atoms with van der Waals surface area (Å²) >= 11 is 1.58. The highest BCUT2D eigenvalue weighted by Gasteiger charge is 2.21. The van der Waals surface area contributed by atoms with Gasteiger partial charge in [-0.3, -0.25) is 14.4 Å². The molecular weight excluding hydrogens is 538 g/mol. The summed E-state index contributed by atoms with van der Waals surface area (Å²) in [4.78, 5) is 48.8. The highest BCUT2D eigenvalue weighted by Crippen LogP contribution is 2.14. The van der Waals surface area contributed by atoms with E-state index in [0.717, 1.165) is 12.8 Å². The van der Waals surface area contributed by atoms with Crippen LogP contribution in [0.3, 0.4) is 0 Å². The summed E-state index contributed by atoms with van der Waals surface area (Å²) in [7, 11) is 1.30. The first-order valence-corrected chi connectivity index (χ1v) is 16.8. The molecule has 0 fully saturated rings. The molecule has 0 aliphatic rings. The van der Waals surface area contributed by atoms with Crippen molar-refractivity contribution in [1.29, 1.82) is 0 Å². The Kier molecular flexibility index (Phi) is 21.4. The second-order valence-corrected chi connectivity index (χ2v) is 11.5. The van der Waals surface area contributed by atoms with E-state index in [-0.39, 0.29) is 30.7 Å². The number of thioether (sulfide) groups is 1. The quantitative estimate of drug-likeness (QED) is 0.0918. The molecule has 1 atom stereocenters. The smallest absolute Gasteiger partial charge is 0.328 e. The molecule has 1 rings (SSSR count). The molecule has 1 aromatic carbocycles. The Morgan fingerprint density at radius 3 is 1.88 bits per heavy atom. The van der Waals surface area contributed by atoms with Crippen LogP contribution >= 0.6 is 11.8 Å². The molecule has 8 nitrogen and oxygen atoms in total. The van der Waals surface area contributed by atoms with E-state index in [1.54, 1.807) is 36.0 Å². The molecule has 3 amide bonds. The Morgan fingerprint density at radius 2 is 1.34 bits per heavy atom. The number of methoxy groups -OCH3 is 1. The van der Waals surface area contributed by atoms with Gasteiger partial charge in [0.25, 0.3) is 5.91 Å². The maximum Gasteiger partial charge on any atom is 0.328 e. The number of hydrogen-bond acceptors (Lipinski definition) is 6. The molecule has 0 saturated carbocycles. The fraction of sp³-hybridized carbons (Fsp3) is 0.688. The summed E-state index contributed by atoms with van der Waals surface area (Å²) in [5.41, 5.74) is 0.929. The first-order chi connectivity index (χ1) is 19.9. The Morgan fingerprint density at radius 1 is 0.780 bits per heavy atom. The summed E-state index contributed by atoms with van der Waals surface area (Å²) in [6, 6.07) is 5.74. The van der Waals surface area contributed by atoms with Gasteiger partial charge in [-0.15, -0.1) is 0 Å². The SMILES string of the molecule is CCCCCCCCCCCCCCCC(=O)NCCC(=O)Nc1ccc(C(=O)N[C@@H](CCSC)C(=O)OC)cc1. The van der Waals surface area contributed by atoms with Crippen molar-refractivity contribution in [2.75, 3.05) is 31.0 Å². The van der Waals surface area contributed by atoms with Gasteiger partial charge in [-0.1, -0.05) is 84.0 Å². The van der Waals surface area contributed by atoms with Crippen LogP contribution in [-0.2, 0) is 19.1 Å². The van der Waals surface area contributed by atoms with Gasteiger partial charge >= 0.3 is 5.97 Å². The largest absolute Gasteiger partial charge is 0.467 e. The number of hydrogen-bond donors (Lipinski definition) is 3. The van der Waals surface area contributed by atoms with Crippen LogP contribution in [0.4, 0.5) is 5.69 Å². The van der Waals surface area contributed by atoms with Gasteiger partial charge < -0.3 is 20.7 Å². The van der Waals surface area contributed by atoms with Crippen molar-refractivity contribution in [1.82, 2.24) is 10.6 Å². The minimum Gasteiger partial charge on any atom is -0.467 e. The third-order valence-corrected chi connectivity index (χ3v) is 7.66. The van der Waals surface area contributed by atoms with Crippen LogP contribution in [0.2, 0.25) is 0 Å². The topological polar surface area (TPSA) is 114 Å². The van der Waals surface area contributed by atoms with Gasteiger partial charge in [0, 0.05) is 30.6 Å². The third kappa shape index (κ3) is 18.5. The summed E-state index contributed by atoms with van der Waals surface area (Å²) in [5.74, 6) is -0.381. The number of amides is 3. The fourth-order valence-electron chi connectivity index (χ4n) is 4.50. The molecule has 0 heterocycles. The van der Waals surface area contributed by atoms with Crippen LogP contribution in [0.5, 0.6) is 0 Å². The van der Waals surface area contributed by atoms with Crippen LogP contribution in [-0.4, -0.2) is 55.4 Å². The van der Waals surface area contributed by atoms with Crippen LogP contribution in [0.25, 0.3) is 0 Å². The molecule has 1 aromatic rings. The number of unbranched alkanes of at least 4 members (excludes halogenated alkanes) is 12. The Hall–Kier alpha value is -2.55. The third-order valence-electron chi connectivity index (χ3n) is 7.01. The molecule has 41 heavy (non-hydrogen) atoms. The normalized spacial score (nSPS) is 11.5. The molecule has 0 spiro atoms. The number of carbonyl (C=O) groups is 4. The number of esters is 1. The highest BCUT2D eigenvalue weighted by molar-refractivity contribution is 7.98. The van der Waals surface area contributed by atoms with Crippen LogP contribution in [0.15, 0.2) is 24.3 Å². The molecule has 0 unspecified atom stereocenters. The van der Waals surface area contributed by atoms with E-state index < -0.39 is 12.0 Å². The van der Waals surface area contributed by atoms with Crippen molar-refractivity contribution < 1.29 is 23.9 Å². The van der Waals surface area contributed by atoms with E-state index in [4.69, 9.17) is 4.74 Å². The average molecular weight is 592 g/mol. The van der Waals surface area contributed by atoms with Gasteiger partial charge in [0.1, 0.15) is 6.04 Å². The molecule has 0 saturated heterocycles.